The zero-order valence-electron chi connectivity index (χ0n) is 18.2. The fraction of sp³-hybridized carbons (Fsp3) is 0.348. The number of para-hydroxylation sites is 1. The van der Waals surface area contributed by atoms with Crippen LogP contribution in [0.2, 0.25) is 5.02 Å². The van der Waals surface area contributed by atoms with E-state index in [2.05, 4.69) is 39.9 Å². The summed E-state index contributed by atoms with van der Waals surface area (Å²) in [7, 11) is 1.95. The van der Waals surface area contributed by atoms with Crippen LogP contribution in [-0.4, -0.2) is 33.4 Å². The first-order chi connectivity index (χ1) is 15.1. The molecule has 0 spiro atoms. The molecule has 1 unspecified atom stereocenters. The predicted octanol–water partition coefficient (Wildman–Crippen LogP) is 3.87. The molecular weight excluding hydrogens is 412 g/mol. The maximum absolute atomic E-state index is 6.24. The molecule has 0 bridgehead atoms. The second kappa shape index (κ2) is 11.4. The average Bonchev–Trinajstić information content (AvgIpc) is 3.11. The Kier molecular flexibility index (Phi) is 8.29. The highest BCUT2D eigenvalue weighted by Gasteiger charge is 2.12. The maximum atomic E-state index is 6.24. The van der Waals surface area contributed by atoms with Crippen LogP contribution in [0.15, 0.2) is 59.6 Å². The molecule has 1 heterocycles. The summed E-state index contributed by atoms with van der Waals surface area (Å²) in [5.41, 5.74) is 1.14. The van der Waals surface area contributed by atoms with E-state index in [1.807, 2.05) is 61.0 Å². The fourth-order valence-corrected chi connectivity index (χ4v) is 3.08. The number of rotatable bonds is 9. The molecule has 0 aliphatic carbocycles. The highest BCUT2D eigenvalue weighted by Crippen LogP contribution is 2.24. The molecular formula is C23H29ClN6O. The Balaban J connectivity index is 1.65. The minimum atomic E-state index is -0.0549. The first-order valence-electron chi connectivity index (χ1n) is 10.4. The number of aryl methyl sites for hydroxylation is 1. The Morgan fingerprint density at radius 3 is 2.52 bits per heavy atom. The van der Waals surface area contributed by atoms with Gasteiger partial charge in [0.25, 0.3) is 0 Å². The van der Waals surface area contributed by atoms with Gasteiger partial charge >= 0.3 is 0 Å². The summed E-state index contributed by atoms with van der Waals surface area (Å²) in [5, 5.41) is 15.7. The Morgan fingerprint density at radius 1 is 1.10 bits per heavy atom. The predicted molar refractivity (Wildman–Crippen MR) is 124 cm³/mol. The lowest BCUT2D eigenvalue weighted by Crippen LogP contribution is -2.42. The normalized spacial score (nSPS) is 12.5. The van der Waals surface area contributed by atoms with Gasteiger partial charge in [-0.1, -0.05) is 61.0 Å². The standard InChI is InChI=1S/C23H29ClN6O/c1-4-19(31-21-13-9-8-12-20(21)24)15-26-23(25-14-18-10-6-5-7-11-18)27-16-22-29-28-17(2)30(22)3/h5-13,19H,4,14-16H2,1-3H3,(H2,25,26,27). The van der Waals surface area contributed by atoms with Crippen LogP contribution in [0.25, 0.3) is 0 Å². The summed E-state index contributed by atoms with van der Waals surface area (Å²) in [5.74, 6) is 3.08. The van der Waals surface area contributed by atoms with Crippen LogP contribution < -0.4 is 15.4 Å². The second-order valence-electron chi connectivity index (χ2n) is 7.19. The number of aromatic nitrogens is 3. The van der Waals surface area contributed by atoms with Crippen LogP contribution in [0.3, 0.4) is 0 Å². The number of halogens is 1. The smallest absolute Gasteiger partial charge is 0.192 e. The van der Waals surface area contributed by atoms with E-state index in [0.29, 0.717) is 36.4 Å². The van der Waals surface area contributed by atoms with E-state index >= 15 is 0 Å². The van der Waals surface area contributed by atoms with Crippen molar-refractivity contribution in [2.24, 2.45) is 12.0 Å². The van der Waals surface area contributed by atoms with E-state index in [1.165, 1.54) is 0 Å². The molecule has 1 atom stereocenters. The van der Waals surface area contributed by atoms with Crippen molar-refractivity contribution in [1.29, 1.82) is 0 Å². The van der Waals surface area contributed by atoms with Crippen LogP contribution >= 0.6 is 11.6 Å². The molecule has 0 fully saturated rings. The molecule has 0 saturated carbocycles. The average molecular weight is 441 g/mol. The second-order valence-corrected chi connectivity index (χ2v) is 7.59. The third-order valence-electron chi connectivity index (χ3n) is 4.94. The van der Waals surface area contributed by atoms with E-state index in [-0.39, 0.29) is 6.10 Å². The van der Waals surface area contributed by atoms with Crippen LogP contribution in [0.5, 0.6) is 5.75 Å². The third kappa shape index (κ3) is 6.72. The van der Waals surface area contributed by atoms with Crippen molar-refractivity contribution in [2.75, 3.05) is 6.54 Å². The molecule has 1 aromatic heterocycles. The minimum absolute atomic E-state index is 0.0549. The van der Waals surface area contributed by atoms with E-state index in [1.54, 1.807) is 0 Å². The van der Waals surface area contributed by atoms with Gasteiger partial charge in [0.1, 0.15) is 17.7 Å². The van der Waals surface area contributed by atoms with Crippen molar-refractivity contribution >= 4 is 17.6 Å². The van der Waals surface area contributed by atoms with E-state index in [9.17, 15) is 0 Å². The van der Waals surface area contributed by atoms with E-state index < -0.39 is 0 Å². The summed E-state index contributed by atoms with van der Waals surface area (Å²) in [6, 6.07) is 17.7. The van der Waals surface area contributed by atoms with Crippen LogP contribution in [-0.2, 0) is 20.1 Å². The molecule has 3 aromatic rings. The summed E-state index contributed by atoms with van der Waals surface area (Å²) in [6.45, 7) is 5.67. The topological polar surface area (TPSA) is 76.4 Å². The Bertz CT molecular complexity index is 989. The third-order valence-corrected chi connectivity index (χ3v) is 5.25. The molecule has 2 aromatic carbocycles. The van der Waals surface area contributed by atoms with Gasteiger partial charge in [0.05, 0.1) is 24.7 Å². The lowest BCUT2D eigenvalue weighted by Gasteiger charge is -2.20. The van der Waals surface area contributed by atoms with Gasteiger partial charge in [-0.25, -0.2) is 4.99 Å². The first kappa shape index (κ1) is 22.6. The number of benzene rings is 2. The molecule has 2 N–H and O–H groups in total. The molecule has 0 amide bonds. The Morgan fingerprint density at radius 2 is 1.84 bits per heavy atom. The molecule has 0 aliphatic rings. The molecule has 164 valence electrons. The van der Waals surface area contributed by atoms with Crippen molar-refractivity contribution in [3.8, 4) is 5.75 Å². The van der Waals surface area contributed by atoms with Crippen molar-refractivity contribution < 1.29 is 4.74 Å². The largest absolute Gasteiger partial charge is 0.487 e. The number of aliphatic imine (C=N–C) groups is 1. The van der Waals surface area contributed by atoms with Gasteiger partial charge in [-0.2, -0.15) is 0 Å². The molecule has 0 radical (unpaired) electrons. The Labute approximate surface area is 188 Å². The number of nitrogens with one attached hydrogen (secondary N) is 2. The summed E-state index contributed by atoms with van der Waals surface area (Å²) >= 11 is 6.24. The van der Waals surface area contributed by atoms with Gasteiger partial charge in [0.15, 0.2) is 11.8 Å². The zero-order chi connectivity index (χ0) is 22.1. The van der Waals surface area contributed by atoms with E-state index in [4.69, 9.17) is 21.3 Å². The van der Waals surface area contributed by atoms with Crippen LogP contribution in [0.4, 0.5) is 0 Å². The zero-order valence-corrected chi connectivity index (χ0v) is 18.9. The molecule has 0 aliphatic heterocycles. The van der Waals surface area contributed by atoms with Crippen molar-refractivity contribution in [3.63, 3.8) is 0 Å². The number of nitrogens with zero attached hydrogens (tertiary/aromatic N) is 4. The molecule has 7 nitrogen and oxygen atoms in total. The lowest BCUT2D eigenvalue weighted by atomic mass is 10.2. The van der Waals surface area contributed by atoms with Crippen molar-refractivity contribution in [3.05, 3.63) is 76.8 Å². The van der Waals surface area contributed by atoms with E-state index in [0.717, 1.165) is 23.6 Å². The lowest BCUT2D eigenvalue weighted by molar-refractivity contribution is 0.199. The van der Waals surface area contributed by atoms with Crippen LogP contribution in [0, 0.1) is 6.92 Å². The van der Waals surface area contributed by atoms with Gasteiger partial charge < -0.3 is 19.9 Å². The van der Waals surface area contributed by atoms with Gasteiger partial charge in [-0.15, -0.1) is 10.2 Å². The maximum Gasteiger partial charge on any atom is 0.192 e. The molecule has 31 heavy (non-hydrogen) atoms. The highest BCUT2D eigenvalue weighted by atomic mass is 35.5. The van der Waals surface area contributed by atoms with Gasteiger partial charge in [-0.05, 0) is 31.0 Å². The monoisotopic (exact) mass is 440 g/mol. The van der Waals surface area contributed by atoms with Gasteiger partial charge in [-0.3, -0.25) is 0 Å². The molecule has 0 saturated heterocycles. The first-order valence-corrected chi connectivity index (χ1v) is 10.8. The van der Waals surface area contributed by atoms with Crippen molar-refractivity contribution in [1.82, 2.24) is 25.4 Å². The van der Waals surface area contributed by atoms with Gasteiger partial charge in [0.2, 0.25) is 0 Å². The quantitative estimate of drug-likeness (QED) is 0.390. The summed E-state index contributed by atoms with van der Waals surface area (Å²) in [4.78, 5) is 4.73. The number of hydrogen-bond donors (Lipinski definition) is 2. The number of ether oxygens (including phenoxy) is 1. The fourth-order valence-electron chi connectivity index (χ4n) is 2.90. The molecule has 8 heteroatoms. The summed E-state index contributed by atoms with van der Waals surface area (Å²) in [6.07, 6.45) is 0.771. The summed E-state index contributed by atoms with van der Waals surface area (Å²) < 4.78 is 8.04. The minimum Gasteiger partial charge on any atom is -0.487 e. The SMILES string of the molecule is CCC(CNC(=NCc1ccccc1)NCc1nnc(C)n1C)Oc1ccccc1Cl. The number of guanidine groups is 1. The molecule has 3 rings (SSSR count). The number of hydrogen-bond acceptors (Lipinski definition) is 4. The van der Waals surface area contributed by atoms with Crippen LogP contribution in [0.1, 0.15) is 30.6 Å². The van der Waals surface area contributed by atoms with Crippen molar-refractivity contribution in [2.45, 2.75) is 39.5 Å². The Hall–Kier alpha value is -3.06. The highest BCUT2D eigenvalue weighted by molar-refractivity contribution is 6.32. The van der Waals surface area contributed by atoms with Gasteiger partial charge in [0, 0.05) is 7.05 Å².